The van der Waals surface area contributed by atoms with Gasteiger partial charge in [-0.25, -0.2) is 0 Å². The van der Waals surface area contributed by atoms with Crippen LogP contribution in [0, 0.1) is 6.92 Å². The average Bonchev–Trinajstić information content (AvgIpc) is 2.38. The predicted octanol–water partition coefficient (Wildman–Crippen LogP) is 5.01. The van der Waals surface area contributed by atoms with Crippen molar-refractivity contribution in [3.63, 3.8) is 0 Å². The molecule has 0 heterocycles. The molecule has 0 radical (unpaired) electrons. The number of carbonyl (C=O) groups is 1. The van der Waals surface area contributed by atoms with Crippen molar-refractivity contribution in [1.82, 2.24) is 0 Å². The lowest BCUT2D eigenvalue weighted by Gasteiger charge is -2.11. The molecule has 3 heteroatoms. The smallest absolute Gasteiger partial charge is 0.175 e. The maximum absolute atomic E-state index is 12.3. The van der Waals surface area contributed by atoms with Crippen LogP contribution in [0.25, 0.3) is 0 Å². The average molecular weight is 291 g/mol. The lowest BCUT2D eigenvalue weighted by molar-refractivity contribution is 0.0994. The fraction of sp³-hybridized carbons (Fsp3) is 0.188. The molecule has 2 rings (SSSR count). The van der Waals surface area contributed by atoms with E-state index in [0.29, 0.717) is 10.6 Å². The zero-order chi connectivity index (χ0) is 13.8. The van der Waals surface area contributed by atoms with E-state index in [4.69, 9.17) is 11.6 Å². The van der Waals surface area contributed by atoms with Gasteiger partial charge in [0, 0.05) is 15.5 Å². The molecule has 0 spiro atoms. The van der Waals surface area contributed by atoms with E-state index in [1.54, 1.807) is 30.0 Å². The minimum Gasteiger partial charge on any atom is -0.293 e. The van der Waals surface area contributed by atoms with Crippen molar-refractivity contribution in [1.29, 1.82) is 0 Å². The van der Waals surface area contributed by atoms with Crippen LogP contribution in [0.2, 0.25) is 5.02 Å². The molecular formula is C16H15ClOS. The summed E-state index contributed by atoms with van der Waals surface area (Å²) in [6.45, 7) is 3.98. The molecule has 0 N–H and O–H groups in total. The summed E-state index contributed by atoms with van der Waals surface area (Å²) in [4.78, 5) is 13.4. The summed E-state index contributed by atoms with van der Waals surface area (Å²) in [7, 11) is 0. The number of thioether (sulfide) groups is 1. The second-order valence-corrected chi connectivity index (χ2v) is 6.30. The minimum atomic E-state index is -0.125. The fourth-order valence-electron chi connectivity index (χ4n) is 1.82. The largest absolute Gasteiger partial charge is 0.293 e. The van der Waals surface area contributed by atoms with Crippen LogP contribution in [0.3, 0.4) is 0 Å². The van der Waals surface area contributed by atoms with Crippen molar-refractivity contribution < 1.29 is 4.79 Å². The van der Waals surface area contributed by atoms with Crippen molar-refractivity contribution >= 4 is 29.1 Å². The van der Waals surface area contributed by atoms with Gasteiger partial charge in [0.15, 0.2) is 5.78 Å². The van der Waals surface area contributed by atoms with Gasteiger partial charge in [0.2, 0.25) is 0 Å². The number of ketones is 1. The fourth-order valence-corrected chi connectivity index (χ4v) is 3.08. The number of Topliss-reactive ketones (excluding diaryl/α,β-unsaturated/α-hetero) is 1. The molecule has 0 saturated heterocycles. The number of hydrogen-bond acceptors (Lipinski definition) is 2. The van der Waals surface area contributed by atoms with Gasteiger partial charge in [0.05, 0.1) is 5.25 Å². The first-order chi connectivity index (χ1) is 9.06. The molecule has 0 aliphatic rings. The van der Waals surface area contributed by atoms with Crippen molar-refractivity contribution in [3.8, 4) is 0 Å². The molecular weight excluding hydrogens is 276 g/mol. The number of benzene rings is 2. The summed E-state index contributed by atoms with van der Waals surface area (Å²) in [6.07, 6.45) is 0. The highest BCUT2D eigenvalue weighted by atomic mass is 35.5. The van der Waals surface area contributed by atoms with E-state index < -0.39 is 0 Å². The van der Waals surface area contributed by atoms with Crippen LogP contribution in [-0.2, 0) is 0 Å². The first-order valence-corrected chi connectivity index (χ1v) is 7.35. The molecule has 2 aromatic carbocycles. The number of carbonyl (C=O) groups excluding carboxylic acids is 1. The Labute approximate surface area is 123 Å². The van der Waals surface area contributed by atoms with E-state index in [2.05, 4.69) is 6.07 Å². The van der Waals surface area contributed by atoms with Crippen molar-refractivity contribution in [2.24, 2.45) is 0 Å². The van der Waals surface area contributed by atoms with Gasteiger partial charge in [-0.3, -0.25) is 4.79 Å². The van der Waals surface area contributed by atoms with Gasteiger partial charge < -0.3 is 0 Å². The minimum absolute atomic E-state index is 0.106. The Balaban J connectivity index is 2.12. The monoisotopic (exact) mass is 290 g/mol. The molecule has 0 bridgehead atoms. The molecule has 2 aromatic rings. The third kappa shape index (κ3) is 3.85. The van der Waals surface area contributed by atoms with Crippen LogP contribution in [0.5, 0.6) is 0 Å². The highest BCUT2D eigenvalue weighted by molar-refractivity contribution is 8.00. The molecule has 1 nitrogen and oxygen atoms in total. The number of hydrogen-bond donors (Lipinski definition) is 0. The summed E-state index contributed by atoms with van der Waals surface area (Å²) in [5, 5.41) is 0.471. The number of aryl methyl sites for hydroxylation is 1. The second kappa shape index (κ2) is 6.27. The molecule has 0 amide bonds. The second-order valence-electron chi connectivity index (χ2n) is 4.45. The van der Waals surface area contributed by atoms with Crippen LogP contribution in [0.15, 0.2) is 53.4 Å². The Kier molecular flexibility index (Phi) is 4.67. The molecule has 0 saturated carbocycles. The summed E-state index contributed by atoms with van der Waals surface area (Å²) in [6, 6.07) is 15.3. The van der Waals surface area contributed by atoms with E-state index >= 15 is 0 Å². The molecule has 0 aliphatic heterocycles. The lowest BCUT2D eigenvalue weighted by Crippen LogP contribution is -2.13. The third-order valence-electron chi connectivity index (χ3n) is 2.78. The number of halogens is 1. The van der Waals surface area contributed by atoms with Gasteiger partial charge in [-0.2, -0.15) is 0 Å². The Bertz CT molecular complexity index is 595. The van der Waals surface area contributed by atoms with E-state index in [1.165, 1.54) is 5.56 Å². The predicted molar refractivity (Wildman–Crippen MR) is 82.3 cm³/mol. The summed E-state index contributed by atoms with van der Waals surface area (Å²) >= 11 is 7.49. The van der Waals surface area contributed by atoms with E-state index in [0.717, 1.165) is 4.90 Å². The topological polar surface area (TPSA) is 17.1 Å². The van der Waals surface area contributed by atoms with Gasteiger partial charge in [0.1, 0.15) is 0 Å². The van der Waals surface area contributed by atoms with Gasteiger partial charge in [-0.05, 0) is 38.1 Å². The van der Waals surface area contributed by atoms with Crippen LogP contribution >= 0.6 is 23.4 Å². The molecule has 0 aliphatic carbocycles. The summed E-state index contributed by atoms with van der Waals surface area (Å²) in [5.41, 5.74) is 1.87. The highest BCUT2D eigenvalue weighted by Crippen LogP contribution is 2.26. The van der Waals surface area contributed by atoms with Crippen LogP contribution < -0.4 is 0 Å². The molecule has 0 fully saturated rings. The standard InChI is InChI=1S/C16H15ClOS/c1-11-5-3-8-15(9-11)19-12(2)16(18)13-6-4-7-14(17)10-13/h3-10,12H,1-2H3. The molecule has 1 unspecified atom stereocenters. The van der Waals surface area contributed by atoms with Gasteiger partial charge in [-0.1, -0.05) is 41.4 Å². The Morgan fingerprint density at radius 2 is 1.89 bits per heavy atom. The van der Waals surface area contributed by atoms with Crippen molar-refractivity contribution in [2.75, 3.05) is 0 Å². The normalized spacial score (nSPS) is 12.2. The van der Waals surface area contributed by atoms with Crippen LogP contribution in [0.1, 0.15) is 22.8 Å². The SMILES string of the molecule is Cc1cccc(SC(C)C(=O)c2cccc(Cl)c2)c1. The van der Waals surface area contributed by atoms with Gasteiger partial charge >= 0.3 is 0 Å². The summed E-state index contributed by atoms with van der Waals surface area (Å²) < 4.78 is 0. The Hall–Kier alpha value is -1.25. The van der Waals surface area contributed by atoms with Crippen molar-refractivity contribution in [2.45, 2.75) is 24.0 Å². The number of rotatable bonds is 4. The van der Waals surface area contributed by atoms with E-state index in [1.807, 2.05) is 38.1 Å². The zero-order valence-electron chi connectivity index (χ0n) is 10.9. The molecule has 98 valence electrons. The van der Waals surface area contributed by atoms with Crippen LogP contribution in [-0.4, -0.2) is 11.0 Å². The van der Waals surface area contributed by atoms with Crippen molar-refractivity contribution in [3.05, 3.63) is 64.7 Å². The first-order valence-electron chi connectivity index (χ1n) is 6.09. The maximum atomic E-state index is 12.3. The highest BCUT2D eigenvalue weighted by Gasteiger charge is 2.16. The Morgan fingerprint density at radius 3 is 2.58 bits per heavy atom. The van der Waals surface area contributed by atoms with E-state index in [9.17, 15) is 4.79 Å². The lowest BCUT2D eigenvalue weighted by atomic mass is 10.1. The molecule has 1 atom stereocenters. The quantitative estimate of drug-likeness (QED) is 0.581. The van der Waals surface area contributed by atoms with E-state index in [-0.39, 0.29) is 11.0 Å². The van der Waals surface area contributed by atoms with Gasteiger partial charge in [0.25, 0.3) is 0 Å². The molecule has 19 heavy (non-hydrogen) atoms. The zero-order valence-corrected chi connectivity index (χ0v) is 12.5. The van der Waals surface area contributed by atoms with Crippen LogP contribution in [0.4, 0.5) is 0 Å². The first kappa shape index (κ1) is 14.2. The third-order valence-corrected chi connectivity index (χ3v) is 4.11. The summed E-state index contributed by atoms with van der Waals surface area (Å²) in [5.74, 6) is 0.106. The Morgan fingerprint density at radius 1 is 1.16 bits per heavy atom. The maximum Gasteiger partial charge on any atom is 0.175 e. The van der Waals surface area contributed by atoms with Gasteiger partial charge in [-0.15, -0.1) is 11.8 Å². The molecule has 0 aromatic heterocycles.